The second-order valence-electron chi connectivity index (χ2n) is 5.67. The molecule has 1 fully saturated rings. The van der Waals surface area contributed by atoms with E-state index < -0.39 is 21.0 Å². The van der Waals surface area contributed by atoms with Crippen LogP contribution in [-0.2, 0) is 14.6 Å². The highest BCUT2D eigenvalue weighted by Crippen LogP contribution is 2.54. The lowest BCUT2D eigenvalue weighted by atomic mass is 10.1. The number of benzene rings is 2. The Hall–Kier alpha value is -2.34. The van der Waals surface area contributed by atoms with Gasteiger partial charge in [0.1, 0.15) is 6.29 Å². The first-order valence-corrected chi connectivity index (χ1v) is 8.81. The Morgan fingerprint density at radius 3 is 2.48 bits per heavy atom. The van der Waals surface area contributed by atoms with Crippen LogP contribution in [0.4, 0.5) is 0 Å². The van der Waals surface area contributed by atoms with Crippen LogP contribution < -0.4 is 9.47 Å². The van der Waals surface area contributed by atoms with Gasteiger partial charge >= 0.3 is 0 Å². The van der Waals surface area contributed by atoms with E-state index in [1.807, 2.05) is 0 Å². The molecule has 1 heterocycles. The third kappa shape index (κ3) is 2.21. The maximum Gasteiger partial charge on any atom is 0.231 e. The predicted molar refractivity (Wildman–Crippen MR) is 82.3 cm³/mol. The van der Waals surface area contributed by atoms with Gasteiger partial charge in [-0.25, -0.2) is 8.42 Å². The summed E-state index contributed by atoms with van der Waals surface area (Å²) in [7, 11) is -3.54. The van der Waals surface area contributed by atoms with E-state index in [9.17, 15) is 13.2 Å². The van der Waals surface area contributed by atoms with E-state index in [-0.39, 0.29) is 17.6 Å². The van der Waals surface area contributed by atoms with Crippen molar-refractivity contribution in [1.29, 1.82) is 0 Å². The Labute approximate surface area is 133 Å². The Balaban J connectivity index is 1.70. The molecule has 2 aliphatic rings. The zero-order valence-corrected chi connectivity index (χ0v) is 12.9. The van der Waals surface area contributed by atoms with Gasteiger partial charge in [0.2, 0.25) is 6.79 Å². The monoisotopic (exact) mass is 330 g/mol. The molecule has 5 nitrogen and oxygen atoms in total. The van der Waals surface area contributed by atoms with Crippen molar-refractivity contribution >= 4 is 16.1 Å². The van der Waals surface area contributed by atoms with Crippen LogP contribution in [0.1, 0.15) is 11.5 Å². The highest BCUT2D eigenvalue weighted by Gasteiger charge is 2.59. The molecule has 1 aliphatic heterocycles. The third-order valence-electron chi connectivity index (χ3n) is 4.38. The predicted octanol–water partition coefficient (Wildman–Crippen LogP) is 2.17. The lowest BCUT2D eigenvalue weighted by molar-refractivity contribution is -0.108. The molecule has 3 atom stereocenters. The summed E-state index contributed by atoms with van der Waals surface area (Å²) in [6.45, 7) is 0.159. The van der Waals surface area contributed by atoms with Crippen molar-refractivity contribution in [2.45, 2.75) is 16.1 Å². The van der Waals surface area contributed by atoms with Crippen LogP contribution in [0, 0.1) is 5.92 Å². The molecule has 1 aliphatic carbocycles. The molecular weight excluding hydrogens is 316 g/mol. The van der Waals surface area contributed by atoms with E-state index >= 15 is 0 Å². The van der Waals surface area contributed by atoms with Crippen LogP contribution in [0.15, 0.2) is 53.4 Å². The van der Waals surface area contributed by atoms with Gasteiger partial charge in [-0.15, -0.1) is 0 Å². The molecule has 0 amide bonds. The maximum atomic E-state index is 12.8. The SMILES string of the molecule is O=C[C@H]1[C@@H](c2ccc3c(c2)OCO3)[C@@H]1S(=O)(=O)c1ccccc1. The molecule has 0 aromatic heterocycles. The molecule has 2 aromatic rings. The van der Waals surface area contributed by atoms with Gasteiger partial charge in [0, 0.05) is 11.8 Å². The minimum Gasteiger partial charge on any atom is -0.454 e. The largest absolute Gasteiger partial charge is 0.454 e. The van der Waals surface area contributed by atoms with Crippen LogP contribution >= 0.6 is 0 Å². The second-order valence-corrected chi connectivity index (χ2v) is 7.78. The van der Waals surface area contributed by atoms with E-state index in [0.717, 1.165) is 11.8 Å². The van der Waals surface area contributed by atoms with Crippen molar-refractivity contribution in [3.63, 3.8) is 0 Å². The van der Waals surface area contributed by atoms with Crippen molar-refractivity contribution in [2.75, 3.05) is 6.79 Å². The molecule has 0 radical (unpaired) electrons. The highest BCUT2D eigenvalue weighted by molar-refractivity contribution is 7.92. The number of ether oxygens (including phenoxy) is 2. The zero-order valence-electron chi connectivity index (χ0n) is 12.1. The van der Waals surface area contributed by atoms with Crippen LogP contribution in [0.2, 0.25) is 0 Å². The van der Waals surface area contributed by atoms with Gasteiger partial charge in [-0.1, -0.05) is 24.3 Å². The first-order chi connectivity index (χ1) is 11.1. The quantitative estimate of drug-likeness (QED) is 0.804. The Kier molecular flexibility index (Phi) is 3.16. The molecule has 0 saturated heterocycles. The molecular formula is C17H14O5S. The van der Waals surface area contributed by atoms with E-state index in [1.165, 1.54) is 0 Å². The molecule has 1 saturated carbocycles. The number of rotatable bonds is 4. The summed E-state index contributed by atoms with van der Waals surface area (Å²) in [5.74, 6) is 0.363. The summed E-state index contributed by atoms with van der Waals surface area (Å²) >= 11 is 0. The standard InChI is InChI=1S/C17H14O5S/c18-9-13-16(11-6-7-14-15(8-11)22-10-21-14)17(13)23(19,20)12-4-2-1-3-5-12/h1-9,13,16-17H,10H2/t13-,16+,17+/m0/s1. The average Bonchev–Trinajstić information content (AvgIpc) is 3.15. The highest BCUT2D eigenvalue weighted by atomic mass is 32.2. The summed E-state index contributed by atoms with van der Waals surface area (Å²) in [5, 5.41) is -0.720. The number of carbonyl (C=O) groups is 1. The minimum atomic E-state index is -3.54. The number of aldehydes is 1. The molecule has 23 heavy (non-hydrogen) atoms. The topological polar surface area (TPSA) is 69.7 Å². The Morgan fingerprint density at radius 2 is 1.74 bits per heavy atom. The summed E-state index contributed by atoms with van der Waals surface area (Å²) in [6.07, 6.45) is 0.737. The van der Waals surface area contributed by atoms with Gasteiger partial charge in [-0.05, 0) is 29.8 Å². The van der Waals surface area contributed by atoms with Crippen LogP contribution in [0.25, 0.3) is 0 Å². The molecule has 4 rings (SSSR count). The molecule has 118 valence electrons. The van der Waals surface area contributed by atoms with Gasteiger partial charge in [-0.3, -0.25) is 0 Å². The lowest BCUT2D eigenvalue weighted by Gasteiger charge is -2.04. The average molecular weight is 330 g/mol. The second kappa shape index (κ2) is 5.09. The fourth-order valence-electron chi connectivity index (χ4n) is 3.17. The number of sulfone groups is 1. The van der Waals surface area contributed by atoms with Gasteiger partial charge in [-0.2, -0.15) is 0 Å². The van der Waals surface area contributed by atoms with Crippen LogP contribution in [0.3, 0.4) is 0 Å². The first-order valence-electron chi connectivity index (χ1n) is 7.27. The van der Waals surface area contributed by atoms with Crippen molar-refractivity contribution in [3.8, 4) is 11.5 Å². The van der Waals surface area contributed by atoms with Gasteiger partial charge < -0.3 is 14.3 Å². The number of fused-ring (bicyclic) bond motifs is 1. The van der Waals surface area contributed by atoms with Crippen molar-refractivity contribution in [3.05, 3.63) is 54.1 Å². The molecule has 2 aromatic carbocycles. The molecule has 0 bridgehead atoms. The van der Waals surface area contributed by atoms with Crippen molar-refractivity contribution in [2.24, 2.45) is 5.92 Å². The summed E-state index contributed by atoms with van der Waals surface area (Å²) in [5.41, 5.74) is 0.788. The molecule has 0 unspecified atom stereocenters. The number of hydrogen-bond acceptors (Lipinski definition) is 5. The molecule has 6 heteroatoms. The summed E-state index contributed by atoms with van der Waals surface area (Å²) in [6, 6.07) is 13.6. The van der Waals surface area contributed by atoms with Crippen LogP contribution in [-0.4, -0.2) is 26.7 Å². The normalized spacial score (nSPS) is 25.1. The van der Waals surface area contributed by atoms with Gasteiger partial charge in [0.25, 0.3) is 0 Å². The lowest BCUT2D eigenvalue weighted by Crippen LogP contribution is -2.10. The van der Waals surface area contributed by atoms with E-state index in [1.54, 1.807) is 48.5 Å². The number of carbonyl (C=O) groups excluding carboxylic acids is 1. The molecule has 0 spiro atoms. The van der Waals surface area contributed by atoms with E-state index in [2.05, 4.69) is 0 Å². The summed E-state index contributed by atoms with van der Waals surface area (Å²) in [4.78, 5) is 11.6. The summed E-state index contributed by atoms with van der Waals surface area (Å²) < 4.78 is 36.1. The fourth-order valence-corrected chi connectivity index (χ4v) is 5.30. The smallest absolute Gasteiger partial charge is 0.231 e. The van der Waals surface area contributed by atoms with Crippen molar-refractivity contribution in [1.82, 2.24) is 0 Å². The maximum absolute atomic E-state index is 12.8. The van der Waals surface area contributed by atoms with Crippen molar-refractivity contribution < 1.29 is 22.7 Å². The van der Waals surface area contributed by atoms with Crippen LogP contribution in [0.5, 0.6) is 11.5 Å². The van der Waals surface area contributed by atoms with E-state index in [4.69, 9.17) is 9.47 Å². The third-order valence-corrected chi connectivity index (χ3v) is 6.63. The Morgan fingerprint density at radius 1 is 1.00 bits per heavy atom. The number of hydrogen-bond donors (Lipinski definition) is 0. The Bertz CT molecular complexity index is 860. The van der Waals surface area contributed by atoms with Gasteiger partial charge in [0.15, 0.2) is 21.3 Å². The molecule has 0 N–H and O–H groups in total. The zero-order chi connectivity index (χ0) is 16.0. The van der Waals surface area contributed by atoms with E-state index in [0.29, 0.717) is 11.5 Å². The van der Waals surface area contributed by atoms with Gasteiger partial charge in [0.05, 0.1) is 10.1 Å². The minimum absolute atomic E-state index is 0.159. The fraction of sp³-hybridized carbons (Fsp3) is 0.235. The first kappa shape index (κ1) is 14.3.